The summed E-state index contributed by atoms with van der Waals surface area (Å²) in [5.41, 5.74) is 2.04. The summed E-state index contributed by atoms with van der Waals surface area (Å²) < 4.78 is 5.27. The van der Waals surface area contributed by atoms with Crippen LogP contribution < -0.4 is 10.6 Å². The van der Waals surface area contributed by atoms with E-state index in [1.807, 2.05) is 30.3 Å². The van der Waals surface area contributed by atoms with Crippen molar-refractivity contribution in [2.75, 3.05) is 5.32 Å². The van der Waals surface area contributed by atoms with Crippen molar-refractivity contribution in [3.8, 4) is 0 Å². The summed E-state index contributed by atoms with van der Waals surface area (Å²) in [6.45, 7) is 5.35. The second kappa shape index (κ2) is 9.25. The van der Waals surface area contributed by atoms with E-state index in [2.05, 4.69) is 20.6 Å². The van der Waals surface area contributed by atoms with Crippen molar-refractivity contribution in [1.29, 1.82) is 0 Å². The maximum Gasteiger partial charge on any atom is 0.412 e. The first-order valence-electron chi connectivity index (χ1n) is 10.1. The third-order valence-corrected chi connectivity index (χ3v) is 5.62. The normalized spacial score (nSPS) is 16.3. The van der Waals surface area contributed by atoms with Crippen LogP contribution in [0, 0.1) is 0 Å². The molecule has 0 spiro atoms. The molecule has 0 saturated carbocycles. The maximum atomic E-state index is 12.5. The summed E-state index contributed by atoms with van der Waals surface area (Å²) in [6, 6.07) is 14.5. The minimum absolute atomic E-state index is 0.246. The summed E-state index contributed by atoms with van der Waals surface area (Å²) >= 11 is 7.50. The van der Waals surface area contributed by atoms with Gasteiger partial charge >= 0.3 is 6.09 Å². The molecule has 2 aromatic carbocycles. The second-order valence-corrected chi connectivity index (χ2v) is 9.67. The van der Waals surface area contributed by atoms with Gasteiger partial charge in [-0.1, -0.05) is 23.7 Å². The van der Waals surface area contributed by atoms with Crippen LogP contribution in [0.15, 0.2) is 64.6 Å². The number of hydrogen-bond acceptors (Lipinski definition) is 6. The average molecular weight is 481 g/mol. The highest BCUT2D eigenvalue weighted by atomic mass is 35.5. The predicted octanol–water partition coefficient (Wildman–Crippen LogP) is 6.13. The molecule has 1 saturated heterocycles. The van der Waals surface area contributed by atoms with Crippen LogP contribution >= 0.6 is 23.4 Å². The fourth-order valence-electron chi connectivity index (χ4n) is 3.02. The highest BCUT2D eigenvalue weighted by Gasteiger charge is 2.24. The molecule has 0 radical (unpaired) electrons. The lowest BCUT2D eigenvalue weighted by Crippen LogP contribution is -2.27. The van der Waals surface area contributed by atoms with E-state index < -0.39 is 11.7 Å². The Morgan fingerprint density at radius 3 is 2.82 bits per heavy atom. The van der Waals surface area contributed by atoms with Gasteiger partial charge in [-0.25, -0.2) is 9.79 Å². The number of nitrogens with zero attached hydrogens (tertiary/aromatic N) is 2. The number of anilines is 1. The Kier molecular flexibility index (Phi) is 6.40. The van der Waals surface area contributed by atoms with Crippen LogP contribution in [0.25, 0.3) is 17.0 Å². The zero-order chi connectivity index (χ0) is 23.6. The largest absolute Gasteiger partial charge is 0.444 e. The number of thioether (sulfide) groups is 1. The molecule has 9 heteroatoms. The fraction of sp³-hybridized carbons (Fsp3) is 0.167. The molecule has 0 unspecified atom stereocenters. The first-order chi connectivity index (χ1) is 15.7. The first-order valence-corrected chi connectivity index (χ1v) is 11.3. The van der Waals surface area contributed by atoms with E-state index in [0.29, 0.717) is 26.5 Å². The van der Waals surface area contributed by atoms with Crippen molar-refractivity contribution in [3.05, 3.63) is 70.2 Å². The van der Waals surface area contributed by atoms with Gasteiger partial charge in [0.05, 0.1) is 21.1 Å². The number of halogens is 1. The molecule has 2 N–H and O–H groups in total. The standard InChI is InChI=1S/C24H21ClN4O3S/c1-24(2,3)32-23(31)27-16-7-8-17(25)19(13-16)28-22-29-21(30)20(33-22)12-14-6-9-18-15(11-14)5-4-10-26-18/h4-13H,1-3H3,(H,27,31)(H,28,29,30)/b20-12-. The smallest absolute Gasteiger partial charge is 0.412 e. The molecule has 0 aliphatic carbocycles. The summed E-state index contributed by atoms with van der Waals surface area (Å²) in [5, 5.41) is 7.17. The van der Waals surface area contributed by atoms with E-state index in [1.54, 1.807) is 51.2 Å². The molecule has 1 aliphatic heterocycles. The lowest BCUT2D eigenvalue weighted by Gasteiger charge is -2.19. The lowest BCUT2D eigenvalue weighted by atomic mass is 10.1. The minimum atomic E-state index is -0.616. The predicted molar refractivity (Wildman–Crippen MR) is 134 cm³/mol. The summed E-state index contributed by atoms with van der Waals surface area (Å²) in [5.74, 6) is -0.246. The van der Waals surface area contributed by atoms with Gasteiger partial charge in [0.1, 0.15) is 5.60 Å². The molecule has 3 aromatic rings. The number of amides is 2. The zero-order valence-electron chi connectivity index (χ0n) is 18.2. The van der Waals surface area contributed by atoms with Crippen LogP contribution in [-0.2, 0) is 9.53 Å². The zero-order valence-corrected chi connectivity index (χ0v) is 19.8. The third-order valence-electron chi connectivity index (χ3n) is 4.39. The Balaban J connectivity index is 1.53. The molecular weight excluding hydrogens is 460 g/mol. The van der Waals surface area contributed by atoms with Gasteiger partial charge in [-0.15, -0.1) is 0 Å². The molecule has 33 heavy (non-hydrogen) atoms. The van der Waals surface area contributed by atoms with E-state index in [1.165, 1.54) is 11.8 Å². The number of carbonyl (C=O) groups excluding carboxylic acids is 2. The van der Waals surface area contributed by atoms with Gasteiger partial charge in [0, 0.05) is 17.3 Å². The summed E-state index contributed by atoms with van der Waals surface area (Å²) in [6.07, 6.45) is 2.96. The number of hydrogen-bond donors (Lipinski definition) is 2. The van der Waals surface area contributed by atoms with E-state index in [4.69, 9.17) is 16.3 Å². The molecule has 1 fully saturated rings. The van der Waals surface area contributed by atoms with Crippen LogP contribution in [-0.4, -0.2) is 27.8 Å². The Labute approximate surface area is 200 Å². The summed E-state index contributed by atoms with van der Waals surface area (Å²) in [7, 11) is 0. The van der Waals surface area contributed by atoms with Crippen molar-refractivity contribution in [2.24, 2.45) is 4.99 Å². The van der Waals surface area contributed by atoms with Crippen LogP contribution in [0.3, 0.4) is 0 Å². The molecule has 7 nitrogen and oxygen atoms in total. The van der Waals surface area contributed by atoms with Crippen LogP contribution in [0.2, 0.25) is 5.02 Å². The SMILES string of the molecule is CC(C)(C)OC(=O)Nc1ccc(Cl)c(N=C2NC(=O)/C(=C/c3ccc4ncccc4c3)S2)c1. The first kappa shape index (κ1) is 22.8. The van der Waals surface area contributed by atoms with Crippen LogP contribution in [0.1, 0.15) is 26.3 Å². The van der Waals surface area contributed by atoms with Crippen molar-refractivity contribution in [2.45, 2.75) is 26.4 Å². The topological polar surface area (TPSA) is 92.7 Å². The number of rotatable bonds is 3. The molecule has 0 bridgehead atoms. The highest BCUT2D eigenvalue weighted by molar-refractivity contribution is 8.18. The number of benzene rings is 2. The molecular formula is C24H21ClN4O3S. The van der Waals surface area contributed by atoms with Gasteiger partial charge in [0.2, 0.25) is 0 Å². The molecule has 4 rings (SSSR count). The molecule has 2 heterocycles. The van der Waals surface area contributed by atoms with Crippen molar-refractivity contribution >= 4 is 68.9 Å². The van der Waals surface area contributed by atoms with Crippen molar-refractivity contribution in [1.82, 2.24) is 10.3 Å². The van der Waals surface area contributed by atoms with E-state index in [9.17, 15) is 9.59 Å². The van der Waals surface area contributed by atoms with E-state index in [0.717, 1.165) is 16.5 Å². The molecule has 1 aliphatic rings. The van der Waals surface area contributed by atoms with Gasteiger partial charge in [-0.05, 0) is 80.6 Å². The number of carbonyl (C=O) groups is 2. The maximum absolute atomic E-state index is 12.5. The van der Waals surface area contributed by atoms with Crippen molar-refractivity contribution < 1.29 is 14.3 Å². The second-order valence-electron chi connectivity index (χ2n) is 8.23. The third kappa shape index (κ3) is 5.91. The molecule has 0 atom stereocenters. The van der Waals surface area contributed by atoms with E-state index >= 15 is 0 Å². The lowest BCUT2D eigenvalue weighted by molar-refractivity contribution is -0.115. The Morgan fingerprint density at radius 1 is 1.21 bits per heavy atom. The van der Waals surface area contributed by atoms with Gasteiger partial charge < -0.3 is 10.1 Å². The number of amidine groups is 1. The number of nitrogens with one attached hydrogen (secondary N) is 2. The summed E-state index contributed by atoms with van der Waals surface area (Å²) in [4.78, 5) is 33.8. The highest BCUT2D eigenvalue weighted by Crippen LogP contribution is 2.33. The monoisotopic (exact) mass is 480 g/mol. The van der Waals surface area contributed by atoms with Gasteiger partial charge in [-0.3, -0.25) is 15.1 Å². The Hall–Kier alpha value is -3.36. The molecule has 1 aromatic heterocycles. The van der Waals surface area contributed by atoms with Gasteiger partial charge in [0.25, 0.3) is 5.91 Å². The number of aliphatic imine (C=N–C) groups is 1. The minimum Gasteiger partial charge on any atom is -0.444 e. The fourth-order valence-corrected chi connectivity index (χ4v) is 4.02. The molecule has 2 amide bonds. The Bertz CT molecular complexity index is 1310. The quantitative estimate of drug-likeness (QED) is 0.440. The van der Waals surface area contributed by atoms with Gasteiger partial charge in [0.15, 0.2) is 5.17 Å². The van der Waals surface area contributed by atoms with Crippen molar-refractivity contribution in [3.63, 3.8) is 0 Å². The van der Waals surface area contributed by atoms with Crippen LogP contribution in [0.4, 0.5) is 16.2 Å². The van der Waals surface area contributed by atoms with Crippen LogP contribution in [0.5, 0.6) is 0 Å². The molecule has 168 valence electrons. The number of fused-ring (bicyclic) bond motifs is 1. The number of ether oxygens (including phenoxy) is 1. The Morgan fingerprint density at radius 2 is 2.03 bits per heavy atom. The average Bonchev–Trinajstić information content (AvgIpc) is 3.07. The van der Waals surface area contributed by atoms with E-state index in [-0.39, 0.29) is 5.91 Å². The number of pyridine rings is 1. The number of aromatic nitrogens is 1. The van der Waals surface area contributed by atoms with Gasteiger partial charge in [-0.2, -0.15) is 0 Å².